The van der Waals surface area contributed by atoms with Crippen LogP contribution in [0.2, 0.25) is 0 Å². The molecule has 0 fully saturated rings. The lowest BCUT2D eigenvalue weighted by atomic mass is 10.3. The Morgan fingerprint density at radius 2 is 1.75 bits per heavy atom. The molecule has 110 valence electrons. The Labute approximate surface area is 117 Å². The zero-order valence-electron chi connectivity index (χ0n) is 11.7. The molecule has 1 aromatic carbocycles. The molecule has 0 aliphatic heterocycles. The average molecular weight is 281 g/mol. The van der Waals surface area contributed by atoms with E-state index in [4.69, 9.17) is 14.6 Å². The summed E-state index contributed by atoms with van der Waals surface area (Å²) in [4.78, 5) is 23.4. The van der Waals surface area contributed by atoms with Crippen LogP contribution in [0.3, 0.4) is 0 Å². The van der Waals surface area contributed by atoms with Crippen molar-refractivity contribution in [2.24, 2.45) is 0 Å². The first kappa shape index (κ1) is 15.8. The molecule has 0 saturated carbocycles. The van der Waals surface area contributed by atoms with Crippen molar-refractivity contribution in [1.29, 1.82) is 0 Å². The summed E-state index contributed by atoms with van der Waals surface area (Å²) < 4.78 is 10.5. The standard InChI is InChI=1S/C14H19NO5/c1-15(13(16)7-8-14(17)18)9-10-20-12-5-3-11(19-2)4-6-12/h3-6H,7-10H2,1-2H3,(H,17,18). The number of methoxy groups -OCH3 is 1. The van der Waals surface area contributed by atoms with Crippen LogP contribution >= 0.6 is 0 Å². The fraction of sp³-hybridized carbons (Fsp3) is 0.429. The number of carboxylic acid groups (broad SMARTS) is 1. The highest BCUT2D eigenvalue weighted by Crippen LogP contribution is 2.16. The normalized spacial score (nSPS) is 9.90. The molecule has 1 aromatic rings. The molecule has 0 aliphatic rings. The number of amides is 1. The molecule has 0 bridgehead atoms. The molecule has 0 spiro atoms. The van der Waals surface area contributed by atoms with Crippen molar-refractivity contribution < 1.29 is 24.2 Å². The van der Waals surface area contributed by atoms with Crippen LogP contribution in [0, 0.1) is 0 Å². The van der Waals surface area contributed by atoms with E-state index in [0.717, 1.165) is 5.75 Å². The van der Waals surface area contributed by atoms with Crippen LogP contribution < -0.4 is 9.47 Å². The van der Waals surface area contributed by atoms with Crippen molar-refractivity contribution in [3.63, 3.8) is 0 Å². The van der Waals surface area contributed by atoms with Gasteiger partial charge in [0.15, 0.2) is 0 Å². The minimum Gasteiger partial charge on any atom is -0.497 e. The van der Waals surface area contributed by atoms with Crippen LogP contribution in [0.1, 0.15) is 12.8 Å². The van der Waals surface area contributed by atoms with Gasteiger partial charge >= 0.3 is 5.97 Å². The third-order valence-corrected chi connectivity index (χ3v) is 2.73. The maximum absolute atomic E-state index is 11.6. The van der Waals surface area contributed by atoms with Crippen LogP contribution in [0.5, 0.6) is 11.5 Å². The maximum atomic E-state index is 11.6. The molecule has 0 heterocycles. The van der Waals surface area contributed by atoms with E-state index in [-0.39, 0.29) is 18.7 Å². The zero-order chi connectivity index (χ0) is 15.0. The highest BCUT2D eigenvalue weighted by molar-refractivity contribution is 5.80. The first-order valence-electron chi connectivity index (χ1n) is 6.25. The number of nitrogens with zero attached hydrogens (tertiary/aromatic N) is 1. The summed E-state index contributed by atoms with van der Waals surface area (Å²) in [6, 6.07) is 7.14. The highest BCUT2D eigenvalue weighted by Gasteiger charge is 2.10. The Balaban J connectivity index is 2.28. The summed E-state index contributed by atoms with van der Waals surface area (Å²) in [6.45, 7) is 0.756. The van der Waals surface area contributed by atoms with E-state index < -0.39 is 5.97 Å². The lowest BCUT2D eigenvalue weighted by Gasteiger charge is -2.17. The second-order valence-corrected chi connectivity index (χ2v) is 4.23. The van der Waals surface area contributed by atoms with Gasteiger partial charge in [-0.25, -0.2) is 0 Å². The number of likely N-dealkylation sites (N-methyl/N-ethyl adjacent to an activating group) is 1. The van der Waals surface area contributed by atoms with Crippen LogP contribution in [0.15, 0.2) is 24.3 Å². The van der Waals surface area contributed by atoms with Gasteiger partial charge in [0.1, 0.15) is 18.1 Å². The molecule has 1 rings (SSSR count). The van der Waals surface area contributed by atoms with Crippen molar-refractivity contribution in [2.75, 3.05) is 27.3 Å². The molecule has 6 nitrogen and oxygen atoms in total. The first-order chi connectivity index (χ1) is 9.52. The minimum absolute atomic E-state index is 0.00830. The van der Waals surface area contributed by atoms with Gasteiger partial charge in [-0.1, -0.05) is 0 Å². The van der Waals surface area contributed by atoms with Crippen molar-refractivity contribution in [2.45, 2.75) is 12.8 Å². The lowest BCUT2D eigenvalue weighted by molar-refractivity contribution is -0.140. The van der Waals surface area contributed by atoms with Crippen LogP contribution in [0.25, 0.3) is 0 Å². The molecule has 0 aliphatic carbocycles. The molecule has 1 amide bonds. The second kappa shape index (κ2) is 8.04. The molecule has 6 heteroatoms. The van der Waals surface area contributed by atoms with E-state index in [1.807, 2.05) is 0 Å². The van der Waals surface area contributed by atoms with Gasteiger partial charge < -0.3 is 19.5 Å². The summed E-state index contributed by atoms with van der Waals surface area (Å²) in [5.41, 5.74) is 0. The van der Waals surface area contributed by atoms with Crippen LogP contribution in [-0.4, -0.2) is 49.2 Å². The molecule has 20 heavy (non-hydrogen) atoms. The van der Waals surface area contributed by atoms with Crippen molar-refractivity contribution in [3.05, 3.63) is 24.3 Å². The third-order valence-electron chi connectivity index (χ3n) is 2.73. The Bertz CT molecular complexity index is 443. The predicted molar refractivity (Wildman–Crippen MR) is 73.0 cm³/mol. The number of hydrogen-bond donors (Lipinski definition) is 1. The molecule has 0 unspecified atom stereocenters. The number of carboxylic acids is 1. The van der Waals surface area contributed by atoms with Gasteiger partial charge in [0.25, 0.3) is 0 Å². The fourth-order valence-electron chi connectivity index (χ4n) is 1.50. The van der Waals surface area contributed by atoms with Gasteiger partial charge in [-0.2, -0.15) is 0 Å². The fourth-order valence-corrected chi connectivity index (χ4v) is 1.50. The van der Waals surface area contributed by atoms with Crippen LogP contribution in [-0.2, 0) is 9.59 Å². The number of hydrogen-bond acceptors (Lipinski definition) is 4. The molecule has 0 radical (unpaired) electrons. The molecule has 0 atom stereocenters. The number of carbonyl (C=O) groups is 2. The Kier molecular flexibility index (Phi) is 6.36. The highest BCUT2D eigenvalue weighted by atomic mass is 16.5. The zero-order valence-corrected chi connectivity index (χ0v) is 11.7. The Hall–Kier alpha value is -2.24. The van der Waals surface area contributed by atoms with Gasteiger partial charge in [-0.15, -0.1) is 0 Å². The first-order valence-corrected chi connectivity index (χ1v) is 6.25. The average Bonchev–Trinajstić information content (AvgIpc) is 2.45. The van der Waals surface area contributed by atoms with E-state index >= 15 is 0 Å². The molecular weight excluding hydrogens is 262 g/mol. The van der Waals surface area contributed by atoms with Crippen molar-refractivity contribution in [1.82, 2.24) is 4.90 Å². The van der Waals surface area contributed by atoms with Gasteiger partial charge in [-0.3, -0.25) is 9.59 Å². The maximum Gasteiger partial charge on any atom is 0.303 e. The third kappa shape index (κ3) is 5.60. The summed E-state index contributed by atoms with van der Waals surface area (Å²) in [6.07, 6.45) is -0.142. The lowest BCUT2D eigenvalue weighted by Crippen LogP contribution is -2.31. The predicted octanol–water partition coefficient (Wildman–Crippen LogP) is 1.40. The molecule has 0 aromatic heterocycles. The summed E-state index contributed by atoms with van der Waals surface area (Å²) in [5.74, 6) is 0.266. The van der Waals surface area contributed by atoms with Crippen molar-refractivity contribution in [3.8, 4) is 11.5 Å². The number of ether oxygens (including phenoxy) is 2. The molecule has 0 saturated heterocycles. The van der Waals surface area contributed by atoms with E-state index in [2.05, 4.69) is 0 Å². The number of benzene rings is 1. The topological polar surface area (TPSA) is 76.1 Å². The summed E-state index contributed by atoms with van der Waals surface area (Å²) in [7, 11) is 3.22. The quantitative estimate of drug-likeness (QED) is 0.779. The SMILES string of the molecule is COc1ccc(OCCN(C)C(=O)CCC(=O)O)cc1. The Morgan fingerprint density at radius 1 is 1.15 bits per heavy atom. The van der Waals surface area contributed by atoms with Crippen LogP contribution in [0.4, 0.5) is 0 Å². The molecule has 1 N–H and O–H groups in total. The number of rotatable bonds is 8. The second-order valence-electron chi connectivity index (χ2n) is 4.23. The molecular formula is C14H19NO5. The van der Waals surface area contributed by atoms with Gasteiger partial charge in [0.2, 0.25) is 5.91 Å². The summed E-state index contributed by atoms with van der Waals surface area (Å²) >= 11 is 0. The van der Waals surface area contributed by atoms with E-state index in [9.17, 15) is 9.59 Å². The number of carbonyl (C=O) groups excluding carboxylic acids is 1. The van der Waals surface area contributed by atoms with Gasteiger partial charge in [0.05, 0.1) is 20.1 Å². The summed E-state index contributed by atoms with van der Waals surface area (Å²) in [5, 5.41) is 8.51. The van der Waals surface area contributed by atoms with Gasteiger partial charge in [0, 0.05) is 13.5 Å². The van der Waals surface area contributed by atoms with Gasteiger partial charge in [-0.05, 0) is 24.3 Å². The van der Waals surface area contributed by atoms with E-state index in [1.165, 1.54) is 4.90 Å². The smallest absolute Gasteiger partial charge is 0.303 e. The Morgan fingerprint density at radius 3 is 2.30 bits per heavy atom. The monoisotopic (exact) mass is 281 g/mol. The largest absolute Gasteiger partial charge is 0.497 e. The minimum atomic E-state index is -0.971. The number of aliphatic carboxylic acids is 1. The van der Waals surface area contributed by atoms with Crippen molar-refractivity contribution >= 4 is 11.9 Å². The van der Waals surface area contributed by atoms with E-state index in [0.29, 0.717) is 18.9 Å². The van der Waals surface area contributed by atoms with E-state index in [1.54, 1.807) is 38.4 Å².